The highest BCUT2D eigenvalue weighted by molar-refractivity contribution is 6.30. The molecule has 2 saturated heterocycles. The topological polar surface area (TPSA) is 35.5 Å². The van der Waals surface area contributed by atoms with E-state index < -0.39 is 10.8 Å². The van der Waals surface area contributed by atoms with Gasteiger partial charge in [-0.15, -0.1) is 0 Å². The van der Waals surface area contributed by atoms with Gasteiger partial charge in [-0.25, -0.2) is 0 Å². The lowest BCUT2D eigenvalue weighted by atomic mass is 9.54. The fourth-order valence-corrected chi connectivity index (χ4v) is 10.9. The Morgan fingerprint density at radius 1 is 0.478 bits per heavy atom. The van der Waals surface area contributed by atoms with E-state index in [-0.39, 0.29) is 36.3 Å². The molecule has 3 nitrogen and oxygen atoms in total. The Balaban J connectivity index is 1.29. The number of benzene rings is 5. The molecule has 0 radical (unpaired) electrons. The lowest BCUT2D eigenvalue weighted by Crippen LogP contribution is -2.42. The van der Waals surface area contributed by atoms with Crippen molar-refractivity contribution in [2.75, 3.05) is 0 Å². The lowest BCUT2D eigenvalue weighted by molar-refractivity contribution is -0.125. The van der Waals surface area contributed by atoms with Gasteiger partial charge in [0.05, 0.1) is 35.2 Å². The highest BCUT2D eigenvalue weighted by Crippen LogP contribution is 2.81. The van der Waals surface area contributed by atoms with Gasteiger partial charge in [-0.2, -0.15) is 0 Å². The van der Waals surface area contributed by atoms with Gasteiger partial charge in [0.1, 0.15) is 0 Å². The molecule has 0 unspecified atom stereocenters. The van der Waals surface area contributed by atoms with Gasteiger partial charge in [0.25, 0.3) is 0 Å². The predicted molar refractivity (Wildman–Crippen MR) is 177 cm³/mol. The summed E-state index contributed by atoms with van der Waals surface area (Å²) in [5.74, 6) is 0.188. The fraction of sp³-hybridized carbons (Fsp3) is 0.233. The van der Waals surface area contributed by atoms with Crippen molar-refractivity contribution in [1.29, 1.82) is 0 Å². The maximum atomic E-state index is 16.3. The SMILES string of the molecule is O=C1[C@@]2(c3ccccc3)C(c3ccccc3)=C(c3ccccc3)[C@]1(c1ccccc1)[C@@H]1[C@@H]2[C@H]2O[C@H]1c1cc3c(cc12)[C@@H]1CC[C@@H]3O1. The van der Waals surface area contributed by atoms with Crippen molar-refractivity contribution in [3.8, 4) is 0 Å². The second-order valence-corrected chi connectivity index (χ2v) is 14.0. The van der Waals surface area contributed by atoms with Crippen LogP contribution >= 0.6 is 0 Å². The van der Waals surface area contributed by atoms with E-state index in [0.717, 1.165) is 46.2 Å². The standard InChI is InChI=1S/C43H32O3/c44-41-42(27-17-9-3-10-18-27)35(25-13-5-1-6-14-25)36(26-15-7-2-8-16-26)43(41,28-19-11-4-12-20-28)38-37(42)39-31-23-29-30(24-32(31)40(38)46-39)34-22-21-33(29)45-34/h1-20,23-24,33-34,37-40H,21-22H2/t33-,34-,37+,38+,39-,40-,42-,43+/m0/s1. The zero-order valence-corrected chi connectivity index (χ0v) is 25.3. The van der Waals surface area contributed by atoms with Crippen LogP contribution in [0.3, 0.4) is 0 Å². The maximum Gasteiger partial charge on any atom is 0.163 e. The zero-order chi connectivity index (χ0) is 30.2. The van der Waals surface area contributed by atoms with Gasteiger partial charge in [0, 0.05) is 11.8 Å². The average molecular weight is 597 g/mol. The molecule has 0 N–H and O–H groups in total. The van der Waals surface area contributed by atoms with Crippen LogP contribution in [0.4, 0.5) is 0 Å². The minimum Gasteiger partial charge on any atom is -0.366 e. The fourth-order valence-electron chi connectivity index (χ4n) is 10.9. The molecule has 5 aromatic rings. The Kier molecular flexibility index (Phi) is 4.91. The monoisotopic (exact) mass is 596 g/mol. The largest absolute Gasteiger partial charge is 0.366 e. The summed E-state index contributed by atoms with van der Waals surface area (Å²) in [5.41, 5.74) is 10.1. The highest BCUT2D eigenvalue weighted by atomic mass is 16.5. The molecular weight excluding hydrogens is 564 g/mol. The van der Waals surface area contributed by atoms with Crippen LogP contribution < -0.4 is 0 Å². The quantitative estimate of drug-likeness (QED) is 0.208. The number of ether oxygens (including phenoxy) is 2. The molecule has 8 atom stereocenters. The molecule has 0 spiro atoms. The molecule has 0 amide bonds. The van der Waals surface area contributed by atoms with Crippen LogP contribution in [-0.4, -0.2) is 5.78 Å². The molecule has 46 heavy (non-hydrogen) atoms. The van der Waals surface area contributed by atoms with E-state index in [0.29, 0.717) is 5.78 Å². The van der Waals surface area contributed by atoms with Gasteiger partial charge in [-0.1, -0.05) is 121 Å². The Bertz CT molecular complexity index is 1960. The van der Waals surface area contributed by atoms with E-state index in [1.54, 1.807) is 0 Å². The predicted octanol–water partition coefficient (Wildman–Crippen LogP) is 9.03. The van der Waals surface area contributed by atoms with Crippen LogP contribution in [0.2, 0.25) is 0 Å². The summed E-state index contributed by atoms with van der Waals surface area (Å²) in [7, 11) is 0. The van der Waals surface area contributed by atoms with Gasteiger partial charge in [0.2, 0.25) is 0 Å². The molecular formula is C43H32O3. The zero-order valence-electron chi connectivity index (χ0n) is 25.3. The number of rotatable bonds is 4. The number of hydrogen-bond acceptors (Lipinski definition) is 3. The molecule has 4 aliphatic heterocycles. The molecule has 5 aromatic carbocycles. The van der Waals surface area contributed by atoms with Crippen molar-refractivity contribution in [3.63, 3.8) is 0 Å². The first kappa shape index (κ1) is 25.6. The van der Waals surface area contributed by atoms with Crippen LogP contribution in [0, 0.1) is 11.8 Å². The number of Topliss-reactive ketones (excluding diaryl/α,β-unsaturated/α-hetero) is 1. The van der Waals surface area contributed by atoms with Crippen LogP contribution in [0.25, 0.3) is 11.1 Å². The van der Waals surface area contributed by atoms with Gasteiger partial charge in [-0.3, -0.25) is 4.79 Å². The normalized spacial score (nSPS) is 33.9. The number of ketones is 1. The van der Waals surface area contributed by atoms with Gasteiger partial charge < -0.3 is 9.47 Å². The van der Waals surface area contributed by atoms with Gasteiger partial charge in [0.15, 0.2) is 5.78 Å². The third-order valence-electron chi connectivity index (χ3n) is 12.3. The van der Waals surface area contributed by atoms with Crippen LogP contribution in [0.15, 0.2) is 133 Å². The molecule has 4 heterocycles. The molecule has 6 aliphatic rings. The second kappa shape index (κ2) is 8.82. The minimum atomic E-state index is -0.889. The van der Waals surface area contributed by atoms with E-state index in [1.807, 2.05) is 0 Å². The number of carbonyl (C=O) groups is 1. The summed E-state index contributed by atoms with van der Waals surface area (Å²) in [6.45, 7) is 0. The van der Waals surface area contributed by atoms with E-state index in [2.05, 4.69) is 133 Å². The molecule has 1 saturated carbocycles. The molecule has 2 aliphatic carbocycles. The molecule has 3 fully saturated rings. The Morgan fingerprint density at radius 3 is 1.28 bits per heavy atom. The van der Waals surface area contributed by atoms with Crippen molar-refractivity contribution in [3.05, 3.63) is 178 Å². The molecule has 6 bridgehead atoms. The number of hydrogen-bond donors (Lipinski definition) is 0. The summed E-state index contributed by atoms with van der Waals surface area (Å²) in [4.78, 5) is 16.3. The van der Waals surface area contributed by atoms with E-state index in [9.17, 15) is 0 Å². The highest BCUT2D eigenvalue weighted by Gasteiger charge is 2.82. The van der Waals surface area contributed by atoms with Gasteiger partial charge >= 0.3 is 0 Å². The first-order valence-electron chi connectivity index (χ1n) is 16.7. The molecule has 0 aromatic heterocycles. The maximum absolute atomic E-state index is 16.3. The first-order valence-corrected chi connectivity index (χ1v) is 16.7. The van der Waals surface area contributed by atoms with Crippen LogP contribution in [-0.2, 0) is 25.1 Å². The number of carbonyl (C=O) groups excluding carboxylic acids is 1. The summed E-state index contributed by atoms with van der Waals surface area (Å²) in [6, 6.07) is 47.5. The van der Waals surface area contributed by atoms with Crippen molar-refractivity contribution >= 4 is 16.9 Å². The molecule has 3 heteroatoms. The van der Waals surface area contributed by atoms with Crippen LogP contribution in [0.1, 0.15) is 81.8 Å². The second-order valence-electron chi connectivity index (χ2n) is 14.0. The summed E-state index contributed by atoms with van der Waals surface area (Å²) in [5, 5.41) is 0. The summed E-state index contributed by atoms with van der Waals surface area (Å²) in [6.07, 6.45) is 2.18. The Hall–Kier alpha value is -4.57. The molecule has 222 valence electrons. The van der Waals surface area contributed by atoms with E-state index >= 15 is 4.79 Å². The van der Waals surface area contributed by atoms with E-state index in [4.69, 9.17) is 9.47 Å². The van der Waals surface area contributed by atoms with Crippen molar-refractivity contribution in [1.82, 2.24) is 0 Å². The Morgan fingerprint density at radius 2 is 0.870 bits per heavy atom. The average Bonchev–Trinajstić information content (AvgIpc) is 3.97. The van der Waals surface area contributed by atoms with E-state index in [1.165, 1.54) is 22.3 Å². The third kappa shape index (κ3) is 2.79. The lowest BCUT2D eigenvalue weighted by Gasteiger charge is -2.45. The minimum absolute atomic E-state index is 0.0552. The van der Waals surface area contributed by atoms with Gasteiger partial charge in [-0.05, 0) is 80.6 Å². The first-order chi connectivity index (χ1) is 22.7. The number of fused-ring (bicyclic) bond motifs is 17. The van der Waals surface area contributed by atoms with Crippen molar-refractivity contribution in [2.45, 2.75) is 48.1 Å². The Labute approximate surface area is 268 Å². The summed E-state index contributed by atoms with van der Waals surface area (Å²) < 4.78 is 13.7. The molecule has 11 rings (SSSR count). The number of allylic oxidation sites excluding steroid dienone is 2. The van der Waals surface area contributed by atoms with Crippen molar-refractivity contribution in [2.24, 2.45) is 11.8 Å². The smallest absolute Gasteiger partial charge is 0.163 e. The van der Waals surface area contributed by atoms with Crippen LogP contribution in [0.5, 0.6) is 0 Å². The van der Waals surface area contributed by atoms with Crippen molar-refractivity contribution < 1.29 is 14.3 Å². The third-order valence-corrected chi connectivity index (χ3v) is 12.3. The summed E-state index contributed by atoms with van der Waals surface area (Å²) >= 11 is 0.